The van der Waals surface area contributed by atoms with Crippen LogP contribution in [0.1, 0.15) is 32.8 Å². The van der Waals surface area contributed by atoms with Crippen LogP contribution in [0.15, 0.2) is 70.3 Å². The Morgan fingerprint density at radius 1 is 0.976 bits per heavy atom. The van der Waals surface area contributed by atoms with Crippen molar-refractivity contribution in [2.45, 2.75) is 45.4 Å². The Balaban J connectivity index is 1.58. The Bertz CT molecular complexity index is 1770. The summed E-state index contributed by atoms with van der Waals surface area (Å²) in [5.41, 5.74) is -2.47. The van der Waals surface area contributed by atoms with Crippen LogP contribution < -0.4 is 26.3 Å². The summed E-state index contributed by atoms with van der Waals surface area (Å²) in [6.07, 6.45) is -0.129. The normalized spacial score (nSPS) is 15.2. The van der Waals surface area contributed by atoms with Gasteiger partial charge in [0.05, 0.1) is 28.3 Å². The van der Waals surface area contributed by atoms with Gasteiger partial charge in [0.1, 0.15) is 29.7 Å². The Hall–Kier alpha value is -4.74. The summed E-state index contributed by atoms with van der Waals surface area (Å²) in [6.45, 7) is 5.60. The summed E-state index contributed by atoms with van der Waals surface area (Å²) in [5.74, 6) is -2.70. The van der Waals surface area contributed by atoms with Gasteiger partial charge >= 0.3 is 11.8 Å². The lowest BCUT2D eigenvalue weighted by atomic mass is 10.1. The van der Waals surface area contributed by atoms with Gasteiger partial charge in [0.25, 0.3) is 5.56 Å². The number of nitrogens with one attached hydrogen (secondary N) is 1. The van der Waals surface area contributed by atoms with Gasteiger partial charge in [-0.15, -0.1) is 0 Å². The van der Waals surface area contributed by atoms with Crippen LogP contribution in [0, 0.1) is 17.5 Å². The number of hydrogen-bond acceptors (Lipinski definition) is 6. The SMILES string of the molecule is CC(C)(C)OC(=O)NC1CCN(c2cc3c(cc2F)c(=O)n(OCc2ccccc2)c(=O)n3-c2ccc(F)cc2F)C1. The van der Waals surface area contributed by atoms with Gasteiger partial charge in [-0.05, 0) is 57.0 Å². The fraction of sp³-hybridized carbons (Fsp3) is 0.300. The number of amides is 1. The van der Waals surface area contributed by atoms with Gasteiger partial charge in [0, 0.05) is 19.2 Å². The van der Waals surface area contributed by atoms with E-state index in [-0.39, 0.29) is 41.5 Å². The summed E-state index contributed by atoms with van der Waals surface area (Å²) >= 11 is 0. The first-order valence-electron chi connectivity index (χ1n) is 13.3. The minimum Gasteiger partial charge on any atom is -0.444 e. The highest BCUT2D eigenvalue weighted by molar-refractivity contribution is 5.84. The monoisotopic (exact) mass is 582 g/mol. The van der Waals surface area contributed by atoms with Gasteiger partial charge < -0.3 is 19.8 Å². The highest BCUT2D eigenvalue weighted by Gasteiger charge is 2.29. The molecule has 1 saturated heterocycles. The maximum atomic E-state index is 15.6. The van der Waals surface area contributed by atoms with Crippen LogP contribution in [-0.4, -0.2) is 40.1 Å². The van der Waals surface area contributed by atoms with Gasteiger partial charge in [0.15, 0.2) is 0 Å². The molecule has 1 fully saturated rings. The maximum Gasteiger partial charge on any atom is 0.407 e. The van der Waals surface area contributed by atoms with E-state index in [1.165, 1.54) is 6.07 Å². The molecule has 0 bridgehead atoms. The molecule has 1 aliphatic heterocycles. The van der Waals surface area contributed by atoms with E-state index in [1.807, 2.05) is 0 Å². The van der Waals surface area contributed by atoms with E-state index in [2.05, 4.69) is 5.32 Å². The Morgan fingerprint density at radius 3 is 2.38 bits per heavy atom. The van der Waals surface area contributed by atoms with Crippen LogP contribution in [0.5, 0.6) is 0 Å². The minimum absolute atomic E-state index is 0.0361. The van der Waals surface area contributed by atoms with Crippen molar-refractivity contribution in [3.8, 4) is 5.69 Å². The van der Waals surface area contributed by atoms with E-state index in [4.69, 9.17) is 9.57 Å². The molecule has 0 aliphatic carbocycles. The molecule has 3 aromatic carbocycles. The molecular weight excluding hydrogens is 553 g/mol. The molecule has 9 nitrogen and oxygen atoms in total. The molecule has 1 amide bonds. The number of hydrogen-bond donors (Lipinski definition) is 1. The molecule has 2 heterocycles. The first kappa shape index (κ1) is 28.8. The number of nitrogens with zero attached hydrogens (tertiary/aromatic N) is 3. The molecule has 0 saturated carbocycles. The molecule has 42 heavy (non-hydrogen) atoms. The molecule has 1 aliphatic rings. The summed E-state index contributed by atoms with van der Waals surface area (Å²) in [7, 11) is 0. The van der Waals surface area contributed by atoms with Crippen molar-refractivity contribution < 1.29 is 27.5 Å². The van der Waals surface area contributed by atoms with E-state index in [9.17, 15) is 18.8 Å². The van der Waals surface area contributed by atoms with E-state index in [1.54, 1.807) is 56.0 Å². The Labute approximate surface area is 238 Å². The van der Waals surface area contributed by atoms with Crippen molar-refractivity contribution in [2.24, 2.45) is 0 Å². The van der Waals surface area contributed by atoms with Crippen LogP contribution >= 0.6 is 0 Å². The first-order chi connectivity index (χ1) is 19.9. The van der Waals surface area contributed by atoms with Crippen molar-refractivity contribution >= 4 is 22.7 Å². The molecule has 1 N–H and O–H groups in total. The fourth-order valence-electron chi connectivity index (χ4n) is 4.83. The molecule has 5 rings (SSSR count). The molecule has 0 spiro atoms. The second-order valence-corrected chi connectivity index (χ2v) is 11.0. The molecular formula is C30H29F3N4O5. The average molecular weight is 583 g/mol. The van der Waals surface area contributed by atoms with Crippen molar-refractivity contribution in [3.05, 3.63) is 105 Å². The first-order valence-corrected chi connectivity index (χ1v) is 13.3. The predicted molar refractivity (Wildman–Crippen MR) is 150 cm³/mol. The van der Waals surface area contributed by atoms with Crippen LogP contribution in [-0.2, 0) is 11.3 Å². The topological polar surface area (TPSA) is 94.8 Å². The number of ether oxygens (including phenoxy) is 1. The summed E-state index contributed by atoms with van der Waals surface area (Å²) in [6, 6.07) is 13.2. The zero-order valence-electron chi connectivity index (χ0n) is 23.2. The zero-order valence-corrected chi connectivity index (χ0v) is 23.2. The van der Waals surface area contributed by atoms with E-state index >= 15 is 8.78 Å². The third-order valence-corrected chi connectivity index (χ3v) is 6.69. The number of anilines is 1. The molecule has 1 aromatic heterocycles. The smallest absolute Gasteiger partial charge is 0.407 e. The van der Waals surface area contributed by atoms with Gasteiger partial charge in [-0.1, -0.05) is 35.1 Å². The number of carbonyl (C=O) groups is 1. The molecule has 1 unspecified atom stereocenters. The third kappa shape index (κ3) is 5.97. The Kier molecular flexibility index (Phi) is 7.72. The van der Waals surface area contributed by atoms with E-state index < -0.39 is 40.4 Å². The number of halogens is 3. The van der Waals surface area contributed by atoms with Crippen molar-refractivity contribution in [2.75, 3.05) is 18.0 Å². The number of benzene rings is 3. The molecule has 4 aromatic rings. The van der Waals surface area contributed by atoms with Crippen molar-refractivity contribution in [1.29, 1.82) is 0 Å². The largest absolute Gasteiger partial charge is 0.444 e. The quantitative estimate of drug-likeness (QED) is 0.365. The van der Waals surface area contributed by atoms with Gasteiger partial charge in [-0.3, -0.25) is 9.36 Å². The number of aromatic nitrogens is 2. The van der Waals surface area contributed by atoms with Gasteiger partial charge in [0.2, 0.25) is 0 Å². The van der Waals surface area contributed by atoms with Crippen LogP contribution in [0.2, 0.25) is 0 Å². The Morgan fingerprint density at radius 2 is 1.69 bits per heavy atom. The third-order valence-electron chi connectivity index (χ3n) is 6.69. The number of rotatable bonds is 6. The second-order valence-electron chi connectivity index (χ2n) is 11.0. The zero-order chi connectivity index (χ0) is 30.2. The summed E-state index contributed by atoms with van der Waals surface area (Å²) < 4.78 is 51.0. The minimum atomic E-state index is -1.07. The maximum absolute atomic E-state index is 15.6. The average Bonchev–Trinajstić information content (AvgIpc) is 3.37. The predicted octanol–water partition coefficient (Wildman–Crippen LogP) is 4.30. The summed E-state index contributed by atoms with van der Waals surface area (Å²) in [5, 5.41) is 2.51. The van der Waals surface area contributed by atoms with Crippen molar-refractivity contribution in [3.63, 3.8) is 0 Å². The molecule has 12 heteroatoms. The lowest BCUT2D eigenvalue weighted by Gasteiger charge is -2.23. The van der Waals surface area contributed by atoms with Crippen LogP contribution in [0.3, 0.4) is 0 Å². The standard InChI is InChI=1S/C30H29F3N4O5/c1-30(2,3)42-28(39)34-20-11-12-35(16-20)26-15-25-21(14-23(26)33)27(38)37(41-17-18-7-5-4-6-8-18)29(40)36(25)24-10-9-19(31)13-22(24)32/h4-10,13-15,20H,11-12,16-17H2,1-3H3,(H,34,39). The molecule has 0 radical (unpaired) electrons. The van der Waals surface area contributed by atoms with Crippen molar-refractivity contribution in [1.82, 2.24) is 14.6 Å². The number of alkyl carbamates (subject to hydrolysis) is 1. The van der Waals surface area contributed by atoms with Gasteiger partial charge in [-0.25, -0.2) is 22.8 Å². The van der Waals surface area contributed by atoms with Crippen LogP contribution in [0.4, 0.5) is 23.7 Å². The highest BCUT2D eigenvalue weighted by atomic mass is 19.1. The number of carbonyl (C=O) groups excluding carboxylic acids is 1. The molecule has 220 valence electrons. The highest BCUT2D eigenvalue weighted by Crippen LogP contribution is 2.29. The fourth-order valence-corrected chi connectivity index (χ4v) is 4.83. The molecule has 1 atom stereocenters. The van der Waals surface area contributed by atoms with E-state index in [0.29, 0.717) is 29.3 Å². The lowest BCUT2D eigenvalue weighted by molar-refractivity contribution is 0.0509. The second kappa shape index (κ2) is 11.3. The van der Waals surface area contributed by atoms with Crippen LogP contribution in [0.25, 0.3) is 16.6 Å². The summed E-state index contributed by atoms with van der Waals surface area (Å²) in [4.78, 5) is 46.4. The number of fused-ring (bicyclic) bond motifs is 1. The van der Waals surface area contributed by atoms with E-state index in [0.717, 1.165) is 22.8 Å². The lowest BCUT2D eigenvalue weighted by Crippen LogP contribution is -2.43. The van der Waals surface area contributed by atoms with Gasteiger partial charge in [-0.2, -0.15) is 0 Å².